The Morgan fingerprint density at radius 3 is 2.14 bits per heavy atom. The van der Waals surface area contributed by atoms with Crippen LogP contribution in [0.3, 0.4) is 0 Å². The van der Waals surface area contributed by atoms with Gasteiger partial charge in [-0.1, -0.05) is 42.5 Å². The van der Waals surface area contributed by atoms with E-state index < -0.39 is 17.9 Å². The number of carbonyl (C=O) groups excluding carboxylic acids is 3. The number of methoxy groups -OCH3 is 1. The van der Waals surface area contributed by atoms with Crippen molar-refractivity contribution in [3.05, 3.63) is 71.3 Å². The van der Waals surface area contributed by atoms with Gasteiger partial charge in [-0.15, -0.1) is 0 Å². The number of fused-ring (bicyclic) bond motifs is 1. The first-order valence-electron chi connectivity index (χ1n) is 9.29. The van der Waals surface area contributed by atoms with E-state index in [0.29, 0.717) is 30.7 Å². The highest BCUT2D eigenvalue weighted by Gasteiger charge is 2.43. The predicted octanol–water partition coefficient (Wildman–Crippen LogP) is 2.39. The van der Waals surface area contributed by atoms with E-state index in [1.54, 1.807) is 43.3 Å². The molecule has 0 bridgehead atoms. The van der Waals surface area contributed by atoms with Gasteiger partial charge in [-0.05, 0) is 24.1 Å². The molecule has 1 atom stereocenters. The number of likely N-dealkylation sites (N-methyl/N-ethyl adjacent to an activating group) is 1. The zero-order chi connectivity index (χ0) is 20.1. The third-order valence-electron chi connectivity index (χ3n) is 4.91. The van der Waals surface area contributed by atoms with Crippen molar-refractivity contribution < 1.29 is 19.1 Å². The standard InChI is InChI=1S/C22H24N2O4/c1-23(13-8-14-28-2)22(27)19(15-16-9-4-3-5-10-16)24-20(25)17-11-6-7-12-18(17)21(24)26/h3-7,9-12,19H,8,13-15H2,1-2H3. The second-order valence-electron chi connectivity index (χ2n) is 6.84. The maximum absolute atomic E-state index is 13.2. The van der Waals surface area contributed by atoms with Crippen molar-refractivity contribution in [3.8, 4) is 0 Å². The maximum atomic E-state index is 13.2. The predicted molar refractivity (Wildman–Crippen MR) is 105 cm³/mol. The van der Waals surface area contributed by atoms with Crippen molar-refractivity contribution >= 4 is 17.7 Å². The quantitative estimate of drug-likeness (QED) is 0.521. The van der Waals surface area contributed by atoms with Crippen LogP contribution in [0.2, 0.25) is 0 Å². The van der Waals surface area contributed by atoms with Gasteiger partial charge >= 0.3 is 0 Å². The van der Waals surface area contributed by atoms with Crippen LogP contribution in [0.1, 0.15) is 32.7 Å². The first kappa shape index (κ1) is 19.8. The van der Waals surface area contributed by atoms with Crippen LogP contribution in [0.5, 0.6) is 0 Å². The molecule has 1 aliphatic heterocycles. The number of rotatable bonds is 8. The van der Waals surface area contributed by atoms with E-state index in [1.807, 2.05) is 30.3 Å². The van der Waals surface area contributed by atoms with Gasteiger partial charge in [0.05, 0.1) is 11.1 Å². The first-order chi connectivity index (χ1) is 13.5. The second-order valence-corrected chi connectivity index (χ2v) is 6.84. The summed E-state index contributed by atoms with van der Waals surface area (Å²) in [6.45, 7) is 1.02. The van der Waals surface area contributed by atoms with Crippen LogP contribution in [0, 0.1) is 0 Å². The SMILES string of the molecule is COCCCN(C)C(=O)C(Cc1ccccc1)N1C(=O)c2ccccc2C1=O. The summed E-state index contributed by atoms with van der Waals surface area (Å²) >= 11 is 0. The van der Waals surface area contributed by atoms with E-state index in [1.165, 1.54) is 0 Å². The summed E-state index contributed by atoms with van der Waals surface area (Å²) < 4.78 is 5.05. The lowest BCUT2D eigenvalue weighted by Gasteiger charge is -2.29. The van der Waals surface area contributed by atoms with Crippen molar-refractivity contribution in [2.24, 2.45) is 0 Å². The highest BCUT2D eigenvalue weighted by molar-refractivity contribution is 6.22. The number of ether oxygens (including phenoxy) is 1. The first-order valence-corrected chi connectivity index (χ1v) is 9.29. The number of benzene rings is 2. The van der Waals surface area contributed by atoms with Crippen LogP contribution in [0.25, 0.3) is 0 Å². The Labute approximate surface area is 164 Å². The van der Waals surface area contributed by atoms with Crippen LogP contribution < -0.4 is 0 Å². The van der Waals surface area contributed by atoms with E-state index in [-0.39, 0.29) is 12.3 Å². The summed E-state index contributed by atoms with van der Waals surface area (Å²) in [5.74, 6) is -1.09. The molecule has 28 heavy (non-hydrogen) atoms. The molecule has 3 rings (SSSR count). The smallest absolute Gasteiger partial charge is 0.262 e. The lowest BCUT2D eigenvalue weighted by molar-refractivity contribution is -0.134. The summed E-state index contributed by atoms with van der Waals surface area (Å²) in [6, 6.07) is 15.2. The molecule has 0 radical (unpaired) electrons. The zero-order valence-corrected chi connectivity index (χ0v) is 16.1. The van der Waals surface area contributed by atoms with Gasteiger partial charge < -0.3 is 9.64 Å². The minimum absolute atomic E-state index is 0.255. The topological polar surface area (TPSA) is 66.9 Å². The number of amides is 3. The van der Waals surface area contributed by atoms with Crippen LogP contribution in [-0.2, 0) is 16.0 Å². The van der Waals surface area contributed by atoms with Gasteiger partial charge in [0.1, 0.15) is 6.04 Å². The van der Waals surface area contributed by atoms with E-state index in [9.17, 15) is 14.4 Å². The minimum Gasteiger partial charge on any atom is -0.385 e. The molecule has 1 heterocycles. The molecular formula is C22H24N2O4. The molecule has 6 heteroatoms. The molecule has 0 spiro atoms. The number of imide groups is 1. The number of carbonyl (C=O) groups is 3. The number of nitrogens with zero attached hydrogens (tertiary/aromatic N) is 2. The third kappa shape index (κ3) is 3.97. The molecule has 2 aromatic carbocycles. The van der Waals surface area contributed by atoms with E-state index in [2.05, 4.69) is 0 Å². The van der Waals surface area contributed by atoms with Crippen molar-refractivity contribution in [2.75, 3.05) is 27.3 Å². The van der Waals surface area contributed by atoms with E-state index in [0.717, 1.165) is 10.5 Å². The summed E-state index contributed by atoms with van der Waals surface area (Å²) in [5.41, 5.74) is 1.59. The normalized spacial score (nSPS) is 14.1. The van der Waals surface area contributed by atoms with Crippen LogP contribution in [0.15, 0.2) is 54.6 Å². The molecular weight excluding hydrogens is 356 g/mol. The average Bonchev–Trinajstić information content (AvgIpc) is 2.97. The Bertz CT molecular complexity index is 831. The minimum atomic E-state index is -0.887. The Morgan fingerprint density at radius 2 is 1.57 bits per heavy atom. The molecule has 0 fully saturated rings. The molecule has 0 aliphatic carbocycles. The second kappa shape index (κ2) is 8.80. The third-order valence-corrected chi connectivity index (χ3v) is 4.91. The van der Waals surface area contributed by atoms with Gasteiger partial charge in [0.2, 0.25) is 5.91 Å². The van der Waals surface area contributed by atoms with Gasteiger partial charge in [-0.2, -0.15) is 0 Å². The lowest BCUT2D eigenvalue weighted by atomic mass is 10.0. The Morgan fingerprint density at radius 1 is 1.00 bits per heavy atom. The molecule has 0 saturated heterocycles. The fraction of sp³-hybridized carbons (Fsp3) is 0.318. The fourth-order valence-electron chi connectivity index (χ4n) is 3.43. The van der Waals surface area contributed by atoms with Crippen molar-refractivity contribution in [1.82, 2.24) is 9.80 Å². The monoisotopic (exact) mass is 380 g/mol. The zero-order valence-electron chi connectivity index (χ0n) is 16.1. The summed E-state index contributed by atoms with van der Waals surface area (Å²) in [5, 5.41) is 0. The van der Waals surface area contributed by atoms with Crippen molar-refractivity contribution in [3.63, 3.8) is 0 Å². The molecule has 1 unspecified atom stereocenters. The fourth-order valence-corrected chi connectivity index (χ4v) is 3.43. The summed E-state index contributed by atoms with van der Waals surface area (Å²) in [7, 11) is 3.30. The molecule has 2 aromatic rings. The van der Waals surface area contributed by atoms with Crippen LogP contribution in [-0.4, -0.2) is 60.9 Å². The molecule has 6 nitrogen and oxygen atoms in total. The van der Waals surface area contributed by atoms with Crippen LogP contribution >= 0.6 is 0 Å². The van der Waals surface area contributed by atoms with Gasteiger partial charge in [0.15, 0.2) is 0 Å². The maximum Gasteiger partial charge on any atom is 0.262 e. The molecule has 0 aromatic heterocycles. The Hall–Kier alpha value is -2.99. The number of hydrogen-bond acceptors (Lipinski definition) is 4. The van der Waals surface area contributed by atoms with Gasteiger partial charge in [-0.3, -0.25) is 19.3 Å². The molecule has 3 amide bonds. The van der Waals surface area contributed by atoms with E-state index >= 15 is 0 Å². The van der Waals surface area contributed by atoms with Gasteiger partial charge in [-0.25, -0.2) is 0 Å². The average molecular weight is 380 g/mol. The largest absolute Gasteiger partial charge is 0.385 e. The van der Waals surface area contributed by atoms with Crippen molar-refractivity contribution in [1.29, 1.82) is 0 Å². The highest BCUT2D eigenvalue weighted by Crippen LogP contribution is 2.26. The molecule has 1 aliphatic rings. The van der Waals surface area contributed by atoms with Crippen LogP contribution in [0.4, 0.5) is 0 Å². The molecule has 0 N–H and O–H groups in total. The lowest BCUT2D eigenvalue weighted by Crippen LogP contribution is -2.51. The van der Waals surface area contributed by atoms with Crippen molar-refractivity contribution in [2.45, 2.75) is 18.9 Å². The highest BCUT2D eigenvalue weighted by atomic mass is 16.5. The molecule has 146 valence electrons. The van der Waals surface area contributed by atoms with Gasteiger partial charge in [0, 0.05) is 33.7 Å². The van der Waals surface area contributed by atoms with Gasteiger partial charge in [0.25, 0.3) is 11.8 Å². The number of hydrogen-bond donors (Lipinski definition) is 0. The summed E-state index contributed by atoms with van der Waals surface area (Å²) in [4.78, 5) is 41.8. The Balaban J connectivity index is 1.89. The molecule has 0 saturated carbocycles. The summed E-state index contributed by atoms with van der Waals surface area (Å²) in [6.07, 6.45) is 0.957. The van der Waals surface area contributed by atoms with E-state index in [4.69, 9.17) is 4.74 Å². The Kier molecular flexibility index (Phi) is 6.21.